The van der Waals surface area contributed by atoms with Crippen molar-refractivity contribution in [3.63, 3.8) is 0 Å². The van der Waals surface area contributed by atoms with Crippen molar-refractivity contribution in [3.05, 3.63) is 71.8 Å². The summed E-state index contributed by atoms with van der Waals surface area (Å²) in [5, 5.41) is 0. The van der Waals surface area contributed by atoms with Gasteiger partial charge in [0, 0.05) is 31.3 Å². The normalized spacial score (nSPS) is 10.2. The zero-order chi connectivity index (χ0) is 15.8. The monoisotopic (exact) mass is 329 g/mol. The molecule has 0 aliphatic rings. The fourth-order valence-electron chi connectivity index (χ4n) is 2.03. The first kappa shape index (κ1) is 16.7. The number of hydrogen-bond donors (Lipinski definition) is 0. The van der Waals surface area contributed by atoms with Gasteiger partial charge in [-0.05, 0) is 5.56 Å². The average Bonchev–Trinajstić information content (AvgIpc) is 2.56. The number of Topliss-reactive ketones (excluding diaryl/α,β-unsaturated/α-hetero) is 1. The van der Waals surface area contributed by atoms with Crippen LogP contribution in [0.3, 0.4) is 0 Å². The molecule has 114 valence electrons. The van der Waals surface area contributed by atoms with Crippen LogP contribution in [0, 0.1) is 0 Å². The molecule has 0 atom stereocenters. The Bertz CT molecular complexity index is 613. The van der Waals surface area contributed by atoms with E-state index in [4.69, 9.17) is 12.2 Å². The minimum Gasteiger partial charge on any atom is -0.356 e. The number of thioether (sulfide) groups is 1. The molecule has 0 unspecified atom stereocenters. The number of ketones is 1. The first-order valence-corrected chi connectivity index (χ1v) is 8.56. The van der Waals surface area contributed by atoms with Gasteiger partial charge in [-0.25, -0.2) is 0 Å². The molecule has 2 rings (SSSR count). The third kappa shape index (κ3) is 5.28. The number of carbonyl (C=O) groups excluding carboxylic acids is 1. The van der Waals surface area contributed by atoms with Crippen molar-refractivity contribution in [3.8, 4) is 0 Å². The highest BCUT2D eigenvalue weighted by molar-refractivity contribution is 8.22. The Morgan fingerprint density at radius 3 is 2.27 bits per heavy atom. The highest BCUT2D eigenvalue weighted by Gasteiger charge is 2.09. The summed E-state index contributed by atoms with van der Waals surface area (Å²) in [7, 11) is 1.99. The van der Waals surface area contributed by atoms with Crippen LogP contribution < -0.4 is 0 Å². The van der Waals surface area contributed by atoms with Crippen LogP contribution in [0.15, 0.2) is 60.7 Å². The van der Waals surface area contributed by atoms with Crippen LogP contribution in [0.1, 0.15) is 22.3 Å². The Balaban J connectivity index is 1.74. The van der Waals surface area contributed by atoms with E-state index in [-0.39, 0.29) is 5.78 Å². The lowest BCUT2D eigenvalue weighted by molar-refractivity contribution is 0.0989. The maximum atomic E-state index is 12.0. The summed E-state index contributed by atoms with van der Waals surface area (Å²) >= 11 is 6.99. The summed E-state index contributed by atoms with van der Waals surface area (Å²) in [5.74, 6) is 0.882. The van der Waals surface area contributed by atoms with Gasteiger partial charge in [0.05, 0.1) is 0 Å². The molecule has 0 fully saturated rings. The van der Waals surface area contributed by atoms with E-state index >= 15 is 0 Å². The Morgan fingerprint density at radius 1 is 1.05 bits per heavy atom. The maximum absolute atomic E-state index is 12.0. The van der Waals surface area contributed by atoms with Gasteiger partial charge in [0.15, 0.2) is 5.78 Å². The van der Waals surface area contributed by atoms with Gasteiger partial charge in [0.25, 0.3) is 0 Å². The summed E-state index contributed by atoms with van der Waals surface area (Å²) in [6, 6.07) is 19.6. The maximum Gasteiger partial charge on any atom is 0.163 e. The van der Waals surface area contributed by atoms with E-state index < -0.39 is 0 Å². The minimum atomic E-state index is 0.168. The van der Waals surface area contributed by atoms with E-state index in [0.717, 1.165) is 16.4 Å². The van der Waals surface area contributed by atoms with E-state index in [1.165, 1.54) is 5.56 Å². The van der Waals surface area contributed by atoms with Gasteiger partial charge >= 0.3 is 0 Å². The zero-order valence-corrected chi connectivity index (χ0v) is 14.2. The van der Waals surface area contributed by atoms with E-state index in [0.29, 0.717) is 12.2 Å². The molecule has 2 aromatic rings. The molecular weight excluding hydrogens is 310 g/mol. The van der Waals surface area contributed by atoms with E-state index in [2.05, 4.69) is 12.1 Å². The summed E-state index contributed by atoms with van der Waals surface area (Å²) in [6.07, 6.45) is 0.508. The van der Waals surface area contributed by atoms with Gasteiger partial charge < -0.3 is 4.90 Å². The van der Waals surface area contributed by atoms with Crippen LogP contribution >= 0.6 is 24.0 Å². The SMILES string of the molecule is CN(Cc1ccccc1)C(=S)SCCC(=O)c1ccccc1. The first-order valence-electron chi connectivity index (χ1n) is 7.17. The van der Waals surface area contributed by atoms with Gasteiger partial charge in [-0.1, -0.05) is 84.6 Å². The van der Waals surface area contributed by atoms with Gasteiger partial charge in [0.2, 0.25) is 0 Å². The lowest BCUT2D eigenvalue weighted by Gasteiger charge is -2.19. The second kappa shape index (κ2) is 8.71. The number of thiocarbonyl (C=S) groups is 1. The first-order chi connectivity index (χ1) is 10.7. The molecule has 2 nitrogen and oxygen atoms in total. The van der Waals surface area contributed by atoms with Crippen LogP contribution in [0.4, 0.5) is 0 Å². The van der Waals surface area contributed by atoms with Crippen molar-refractivity contribution in [1.82, 2.24) is 4.90 Å². The predicted octanol–water partition coefficient (Wildman–Crippen LogP) is 4.41. The number of benzene rings is 2. The number of carbonyl (C=O) groups is 1. The zero-order valence-electron chi connectivity index (χ0n) is 12.6. The second-order valence-corrected chi connectivity index (χ2v) is 6.72. The third-order valence-electron chi connectivity index (χ3n) is 3.22. The fourth-order valence-corrected chi connectivity index (χ4v) is 3.09. The molecular formula is C18H19NOS2. The molecule has 0 saturated carbocycles. The lowest BCUT2D eigenvalue weighted by atomic mass is 10.1. The molecule has 4 heteroatoms. The van der Waals surface area contributed by atoms with Crippen molar-refractivity contribution in [2.45, 2.75) is 13.0 Å². The highest BCUT2D eigenvalue weighted by atomic mass is 32.2. The largest absolute Gasteiger partial charge is 0.356 e. The molecule has 0 aliphatic heterocycles. The molecule has 0 radical (unpaired) electrons. The average molecular weight is 329 g/mol. The molecule has 22 heavy (non-hydrogen) atoms. The summed E-state index contributed by atoms with van der Waals surface area (Å²) in [5.41, 5.74) is 2.00. The van der Waals surface area contributed by atoms with Crippen LogP contribution in [-0.4, -0.2) is 27.8 Å². The fraction of sp³-hybridized carbons (Fsp3) is 0.222. The molecule has 0 bridgehead atoms. The molecule has 0 amide bonds. The van der Waals surface area contributed by atoms with Gasteiger partial charge in [-0.15, -0.1) is 0 Å². The van der Waals surface area contributed by atoms with Crippen LogP contribution in [0.5, 0.6) is 0 Å². The molecule has 2 aromatic carbocycles. The van der Waals surface area contributed by atoms with Gasteiger partial charge in [-0.3, -0.25) is 4.79 Å². The number of rotatable bonds is 6. The van der Waals surface area contributed by atoms with E-state index in [1.807, 2.05) is 60.5 Å². The Kier molecular flexibility index (Phi) is 6.62. The Labute approximate surface area is 141 Å². The van der Waals surface area contributed by atoms with Crippen molar-refractivity contribution in [2.24, 2.45) is 0 Å². The standard InChI is InChI=1S/C18H19NOS2/c1-19(14-15-8-4-2-5-9-15)18(21)22-13-12-17(20)16-10-6-3-7-11-16/h2-11H,12-14H2,1H3. The Hall–Kier alpha value is -1.65. The van der Waals surface area contributed by atoms with Crippen molar-refractivity contribution in [1.29, 1.82) is 0 Å². The molecule has 0 N–H and O–H groups in total. The van der Waals surface area contributed by atoms with E-state index in [9.17, 15) is 4.79 Å². The third-order valence-corrected chi connectivity index (χ3v) is 4.86. The quantitative estimate of drug-likeness (QED) is 0.577. The van der Waals surface area contributed by atoms with E-state index in [1.54, 1.807) is 11.8 Å². The molecule has 0 aliphatic carbocycles. The van der Waals surface area contributed by atoms with Crippen molar-refractivity contribution in [2.75, 3.05) is 12.8 Å². The van der Waals surface area contributed by atoms with Crippen molar-refractivity contribution < 1.29 is 4.79 Å². The number of nitrogens with zero attached hydrogens (tertiary/aromatic N) is 1. The second-order valence-electron chi connectivity index (χ2n) is 5.00. The molecule has 0 aromatic heterocycles. The predicted molar refractivity (Wildman–Crippen MR) is 98.4 cm³/mol. The topological polar surface area (TPSA) is 20.3 Å². The molecule has 0 heterocycles. The summed E-state index contributed by atoms with van der Waals surface area (Å²) in [4.78, 5) is 14.1. The summed E-state index contributed by atoms with van der Waals surface area (Å²) < 4.78 is 0.824. The number of hydrogen-bond acceptors (Lipinski definition) is 3. The van der Waals surface area contributed by atoms with Crippen molar-refractivity contribution >= 4 is 34.1 Å². The molecule has 0 saturated heterocycles. The van der Waals surface area contributed by atoms with Gasteiger partial charge in [-0.2, -0.15) is 0 Å². The Morgan fingerprint density at radius 2 is 1.64 bits per heavy atom. The molecule has 0 spiro atoms. The minimum absolute atomic E-state index is 0.168. The smallest absolute Gasteiger partial charge is 0.163 e. The van der Waals surface area contributed by atoms with Crippen LogP contribution in [0.2, 0.25) is 0 Å². The van der Waals surface area contributed by atoms with Crippen LogP contribution in [0.25, 0.3) is 0 Å². The van der Waals surface area contributed by atoms with Gasteiger partial charge in [0.1, 0.15) is 4.32 Å². The lowest BCUT2D eigenvalue weighted by Crippen LogP contribution is -2.22. The van der Waals surface area contributed by atoms with Crippen LogP contribution in [-0.2, 0) is 6.54 Å². The highest BCUT2D eigenvalue weighted by Crippen LogP contribution is 2.14. The summed E-state index contributed by atoms with van der Waals surface area (Å²) in [6.45, 7) is 0.791.